The zero-order valence-electron chi connectivity index (χ0n) is 10.6. The Hall–Kier alpha value is -0.730. The molecule has 1 aromatic carbocycles. The van der Waals surface area contributed by atoms with E-state index in [0.29, 0.717) is 10.8 Å². The maximum absolute atomic E-state index is 9.13. The van der Waals surface area contributed by atoms with Crippen LogP contribution in [-0.2, 0) is 0 Å². The van der Waals surface area contributed by atoms with Crippen LogP contribution in [0.4, 0.5) is 0 Å². The Labute approximate surface area is 99.1 Å². The standard InChI is InChI=1S/C12H20B2O2/c1-5-12(3,4)13-10-6-7-11(14(15)16)9(2)8-10/h6-8,13,15-16H,5H2,1-4H3. The molecule has 0 aromatic heterocycles. The molecule has 0 radical (unpaired) electrons. The molecular formula is C12H20B2O2. The van der Waals surface area contributed by atoms with Crippen LogP contribution in [0, 0.1) is 6.92 Å². The minimum absolute atomic E-state index is 0.297. The lowest BCUT2D eigenvalue weighted by molar-refractivity contribution is 0.425. The fourth-order valence-electron chi connectivity index (χ4n) is 1.82. The Balaban J connectivity index is 2.90. The van der Waals surface area contributed by atoms with Crippen LogP contribution in [0.25, 0.3) is 0 Å². The van der Waals surface area contributed by atoms with Crippen LogP contribution >= 0.6 is 0 Å². The van der Waals surface area contributed by atoms with E-state index < -0.39 is 7.12 Å². The predicted molar refractivity (Wildman–Crippen MR) is 72.1 cm³/mol. The van der Waals surface area contributed by atoms with E-state index in [1.165, 1.54) is 5.46 Å². The maximum Gasteiger partial charge on any atom is 0.488 e. The topological polar surface area (TPSA) is 40.5 Å². The molecule has 0 aliphatic heterocycles. The van der Waals surface area contributed by atoms with E-state index in [1.807, 2.05) is 19.1 Å². The third kappa shape index (κ3) is 3.39. The molecule has 0 aliphatic carbocycles. The molecule has 0 saturated carbocycles. The molecule has 86 valence electrons. The summed E-state index contributed by atoms with van der Waals surface area (Å²) in [5.41, 5.74) is 2.80. The van der Waals surface area contributed by atoms with Gasteiger partial charge in [0.15, 0.2) is 7.28 Å². The van der Waals surface area contributed by atoms with E-state index in [1.54, 1.807) is 6.07 Å². The lowest BCUT2D eigenvalue weighted by Crippen LogP contribution is -2.35. The van der Waals surface area contributed by atoms with Crippen molar-refractivity contribution in [2.24, 2.45) is 0 Å². The van der Waals surface area contributed by atoms with Gasteiger partial charge in [0.25, 0.3) is 0 Å². The molecule has 16 heavy (non-hydrogen) atoms. The molecule has 0 aliphatic rings. The van der Waals surface area contributed by atoms with Crippen LogP contribution in [0.5, 0.6) is 0 Å². The normalized spacial score (nSPS) is 11.4. The second kappa shape index (κ2) is 5.07. The van der Waals surface area contributed by atoms with Gasteiger partial charge < -0.3 is 10.0 Å². The van der Waals surface area contributed by atoms with Gasteiger partial charge in [-0.3, -0.25) is 0 Å². The fourth-order valence-corrected chi connectivity index (χ4v) is 1.82. The van der Waals surface area contributed by atoms with Crippen molar-refractivity contribution in [3.63, 3.8) is 0 Å². The monoisotopic (exact) mass is 218 g/mol. The van der Waals surface area contributed by atoms with Gasteiger partial charge >= 0.3 is 7.12 Å². The third-order valence-corrected chi connectivity index (χ3v) is 3.25. The lowest BCUT2D eigenvalue weighted by atomic mass is 9.49. The zero-order valence-corrected chi connectivity index (χ0v) is 10.6. The van der Waals surface area contributed by atoms with Crippen molar-refractivity contribution in [2.75, 3.05) is 0 Å². The third-order valence-electron chi connectivity index (χ3n) is 3.25. The van der Waals surface area contributed by atoms with Crippen LogP contribution in [0.1, 0.15) is 32.8 Å². The first-order valence-electron chi connectivity index (χ1n) is 5.81. The summed E-state index contributed by atoms with van der Waals surface area (Å²) in [5.74, 6) is 0. The summed E-state index contributed by atoms with van der Waals surface area (Å²) in [5, 5.41) is 18.6. The van der Waals surface area contributed by atoms with E-state index in [4.69, 9.17) is 10.0 Å². The summed E-state index contributed by atoms with van der Waals surface area (Å²) in [7, 11) is -0.347. The zero-order chi connectivity index (χ0) is 12.3. The number of hydrogen-bond acceptors (Lipinski definition) is 2. The number of benzene rings is 1. The van der Waals surface area contributed by atoms with Crippen molar-refractivity contribution in [2.45, 2.75) is 39.4 Å². The lowest BCUT2D eigenvalue weighted by Gasteiger charge is -2.21. The molecule has 2 N–H and O–H groups in total. The quantitative estimate of drug-likeness (QED) is 0.715. The molecular weight excluding hydrogens is 198 g/mol. The summed E-state index contributed by atoms with van der Waals surface area (Å²) in [6.45, 7) is 8.60. The van der Waals surface area contributed by atoms with Crippen molar-refractivity contribution in [1.82, 2.24) is 0 Å². The minimum atomic E-state index is -1.37. The highest BCUT2D eigenvalue weighted by molar-refractivity contribution is 6.60. The molecule has 0 bridgehead atoms. The van der Waals surface area contributed by atoms with Crippen LogP contribution in [0.2, 0.25) is 5.31 Å². The first-order valence-corrected chi connectivity index (χ1v) is 5.81. The van der Waals surface area contributed by atoms with Gasteiger partial charge in [-0.2, -0.15) is 0 Å². The molecule has 4 heteroatoms. The van der Waals surface area contributed by atoms with Crippen molar-refractivity contribution >= 4 is 25.3 Å². The van der Waals surface area contributed by atoms with E-state index in [9.17, 15) is 0 Å². The molecule has 0 atom stereocenters. The van der Waals surface area contributed by atoms with Gasteiger partial charge in [0, 0.05) is 0 Å². The van der Waals surface area contributed by atoms with Crippen LogP contribution < -0.4 is 10.9 Å². The molecule has 1 aromatic rings. The summed E-state index contributed by atoms with van der Waals surface area (Å²) < 4.78 is 0. The first kappa shape index (κ1) is 13.3. The summed E-state index contributed by atoms with van der Waals surface area (Å²) >= 11 is 0. The number of rotatable bonds is 4. The average Bonchev–Trinajstić information content (AvgIpc) is 2.16. The molecule has 0 amide bonds. The fraction of sp³-hybridized carbons (Fsp3) is 0.500. The summed E-state index contributed by atoms with van der Waals surface area (Å²) in [4.78, 5) is 0. The molecule has 2 nitrogen and oxygen atoms in total. The van der Waals surface area contributed by atoms with Crippen molar-refractivity contribution in [3.8, 4) is 0 Å². The van der Waals surface area contributed by atoms with Gasteiger partial charge in [0.2, 0.25) is 0 Å². The molecule has 1 rings (SSSR count). The summed E-state index contributed by atoms with van der Waals surface area (Å²) in [6.07, 6.45) is 1.14. The maximum atomic E-state index is 9.13. The minimum Gasteiger partial charge on any atom is -0.423 e. The highest BCUT2D eigenvalue weighted by atomic mass is 16.4. The smallest absolute Gasteiger partial charge is 0.423 e. The summed E-state index contributed by atoms with van der Waals surface area (Å²) in [6, 6.07) is 5.84. The second-order valence-corrected chi connectivity index (χ2v) is 5.26. The van der Waals surface area contributed by atoms with Gasteiger partial charge in [-0.15, -0.1) is 0 Å². The van der Waals surface area contributed by atoms with E-state index >= 15 is 0 Å². The number of aryl methyl sites for hydroxylation is 1. The van der Waals surface area contributed by atoms with E-state index in [2.05, 4.69) is 20.8 Å². The predicted octanol–water partition coefficient (Wildman–Crippen LogP) is 0.345. The number of hydrogen-bond donors (Lipinski definition) is 2. The Morgan fingerprint density at radius 1 is 1.31 bits per heavy atom. The average molecular weight is 218 g/mol. The van der Waals surface area contributed by atoms with Crippen LogP contribution in [0.15, 0.2) is 18.2 Å². The Bertz CT molecular complexity index is 362. The second-order valence-electron chi connectivity index (χ2n) is 5.26. The van der Waals surface area contributed by atoms with Crippen molar-refractivity contribution in [3.05, 3.63) is 23.8 Å². The Kier molecular flexibility index (Phi) is 4.22. The van der Waals surface area contributed by atoms with Gasteiger partial charge in [-0.25, -0.2) is 0 Å². The molecule has 0 saturated heterocycles. The molecule has 0 unspecified atom stereocenters. The van der Waals surface area contributed by atoms with Crippen LogP contribution in [-0.4, -0.2) is 24.4 Å². The Morgan fingerprint density at radius 2 is 1.94 bits per heavy atom. The largest absolute Gasteiger partial charge is 0.488 e. The highest BCUT2D eigenvalue weighted by Gasteiger charge is 2.19. The Morgan fingerprint density at radius 3 is 2.38 bits per heavy atom. The SMILES string of the molecule is CCC(C)(C)Bc1ccc(B(O)O)c(C)c1. The van der Waals surface area contributed by atoms with Gasteiger partial charge in [-0.05, 0) is 12.4 Å². The molecule has 0 fully saturated rings. The van der Waals surface area contributed by atoms with Crippen molar-refractivity contribution < 1.29 is 10.0 Å². The molecule has 0 spiro atoms. The van der Waals surface area contributed by atoms with E-state index in [-0.39, 0.29) is 0 Å². The van der Waals surface area contributed by atoms with Crippen LogP contribution in [0.3, 0.4) is 0 Å². The van der Waals surface area contributed by atoms with E-state index in [0.717, 1.165) is 19.3 Å². The molecule has 0 heterocycles. The van der Waals surface area contributed by atoms with Gasteiger partial charge in [0.1, 0.15) is 0 Å². The first-order chi connectivity index (χ1) is 7.35. The van der Waals surface area contributed by atoms with Gasteiger partial charge in [0.05, 0.1) is 0 Å². The highest BCUT2D eigenvalue weighted by Crippen LogP contribution is 2.25. The van der Waals surface area contributed by atoms with Gasteiger partial charge in [-0.1, -0.05) is 61.7 Å². The van der Waals surface area contributed by atoms with Crippen molar-refractivity contribution in [1.29, 1.82) is 0 Å².